The minimum absolute atomic E-state index is 0.486. The molecule has 1 heterocycles. The smallest absolute Gasteiger partial charge is 0.241 e. The molecule has 0 bridgehead atoms. The molecule has 0 aliphatic heterocycles. The van der Waals surface area contributed by atoms with Crippen LogP contribution in [0.3, 0.4) is 0 Å². The van der Waals surface area contributed by atoms with Crippen LogP contribution >= 0.6 is 11.3 Å². The summed E-state index contributed by atoms with van der Waals surface area (Å²) in [5.74, 6) is 1.18. The van der Waals surface area contributed by atoms with E-state index in [0.717, 1.165) is 29.8 Å². The fourth-order valence-corrected chi connectivity index (χ4v) is 5.19. The molecule has 2 N–H and O–H groups in total. The summed E-state index contributed by atoms with van der Waals surface area (Å²) in [4.78, 5) is 1.40. The minimum Gasteiger partial charge on any atom is -0.312 e. The van der Waals surface area contributed by atoms with E-state index >= 15 is 0 Å². The summed E-state index contributed by atoms with van der Waals surface area (Å²) in [5, 5.41) is 5.21. The Morgan fingerprint density at radius 1 is 1.45 bits per heavy atom. The van der Waals surface area contributed by atoms with Gasteiger partial charge in [0.15, 0.2) is 0 Å². The molecule has 0 saturated heterocycles. The van der Waals surface area contributed by atoms with Gasteiger partial charge in [-0.2, -0.15) is 0 Å². The van der Waals surface area contributed by atoms with Crippen molar-refractivity contribution in [1.82, 2.24) is 10.0 Å². The number of sulfonamides is 1. The van der Waals surface area contributed by atoms with Gasteiger partial charge in [0, 0.05) is 18.0 Å². The van der Waals surface area contributed by atoms with Crippen LogP contribution in [-0.4, -0.2) is 21.5 Å². The second-order valence-corrected chi connectivity index (χ2v) is 8.34. The average molecular weight is 316 g/mol. The molecule has 1 fully saturated rings. The van der Waals surface area contributed by atoms with Crippen molar-refractivity contribution in [3.05, 3.63) is 15.8 Å². The zero-order chi connectivity index (χ0) is 14.8. The summed E-state index contributed by atoms with van der Waals surface area (Å²) in [5.41, 5.74) is 0.847. The molecule has 1 aliphatic rings. The van der Waals surface area contributed by atoms with Crippen LogP contribution in [0.15, 0.2) is 10.3 Å². The molecule has 1 aliphatic carbocycles. The third-order valence-corrected chi connectivity index (χ3v) is 6.67. The van der Waals surface area contributed by atoms with E-state index < -0.39 is 10.0 Å². The van der Waals surface area contributed by atoms with Gasteiger partial charge in [0.1, 0.15) is 4.90 Å². The van der Waals surface area contributed by atoms with Crippen LogP contribution in [0.4, 0.5) is 0 Å². The van der Waals surface area contributed by atoms with Crippen molar-refractivity contribution in [1.29, 1.82) is 0 Å². The van der Waals surface area contributed by atoms with Gasteiger partial charge in [0.2, 0.25) is 10.0 Å². The highest BCUT2D eigenvalue weighted by atomic mass is 32.2. The summed E-state index contributed by atoms with van der Waals surface area (Å²) in [6.45, 7) is 8.23. The van der Waals surface area contributed by atoms with Crippen LogP contribution in [-0.2, 0) is 16.6 Å². The van der Waals surface area contributed by atoms with Gasteiger partial charge in [-0.25, -0.2) is 13.1 Å². The van der Waals surface area contributed by atoms with Gasteiger partial charge in [-0.1, -0.05) is 13.8 Å². The molecule has 1 aromatic heterocycles. The fraction of sp³-hybridized carbons (Fsp3) is 0.714. The minimum atomic E-state index is -3.37. The number of thiophene rings is 1. The van der Waals surface area contributed by atoms with Crippen LogP contribution in [0.25, 0.3) is 0 Å². The van der Waals surface area contributed by atoms with Crippen LogP contribution in [0, 0.1) is 18.8 Å². The van der Waals surface area contributed by atoms with Crippen LogP contribution in [0.2, 0.25) is 0 Å². The zero-order valence-electron chi connectivity index (χ0n) is 12.4. The molecule has 1 aromatic rings. The Bertz CT molecular complexity index is 552. The van der Waals surface area contributed by atoms with Crippen molar-refractivity contribution in [2.45, 2.75) is 45.1 Å². The van der Waals surface area contributed by atoms with E-state index in [1.165, 1.54) is 11.3 Å². The van der Waals surface area contributed by atoms with Crippen molar-refractivity contribution >= 4 is 21.4 Å². The molecule has 0 spiro atoms. The van der Waals surface area contributed by atoms with Crippen LogP contribution in [0.1, 0.15) is 37.1 Å². The van der Waals surface area contributed by atoms with Gasteiger partial charge in [0.05, 0.1) is 0 Å². The molecule has 114 valence electrons. The Hall–Kier alpha value is -0.430. The lowest BCUT2D eigenvalue weighted by molar-refractivity contribution is 0.572. The van der Waals surface area contributed by atoms with E-state index in [1.54, 1.807) is 0 Å². The first kappa shape index (κ1) is 15.9. The lowest BCUT2D eigenvalue weighted by Crippen LogP contribution is -2.28. The highest BCUT2D eigenvalue weighted by molar-refractivity contribution is 7.89. The quantitative estimate of drug-likeness (QED) is 0.725. The maximum absolute atomic E-state index is 12.5. The lowest BCUT2D eigenvalue weighted by atomic mass is 10.3. The Morgan fingerprint density at radius 2 is 2.15 bits per heavy atom. The van der Waals surface area contributed by atoms with Gasteiger partial charge >= 0.3 is 0 Å². The van der Waals surface area contributed by atoms with E-state index in [0.29, 0.717) is 29.8 Å². The first-order valence-corrected chi connectivity index (χ1v) is 9.59. The van der Waals surface area contributed by atoms with Crippen LogP contribution < -0.4 is 10.0 Å². The molecule has 2 rings (SSSR count). The maximum Gasteiger partial charge on any atom is 0.241 e. The number of nitrogens with one attached hydrogen (secondary N) is 2. The first-order chi connectivity index (χ1) is 9.45. The maximum atomic E-state index is 12.5. The molecular weight excluding hydrogens is 292 g/mol. The third kappa shape index (κ3) is 3.81. The first-order valence-electron chi connectivity index (χ1n) is 7.23. The number of rotatable bonds is 8. The number of hydrogen-bond acceptors (Lipinski definition) is 4. The predicted molar refractivity (Wildman–Crippen MR) is 83.5 cm³/mol. The lowest BCUT2D eigenvalue weighted by Gasteiger charge is -2.09. The molecule has 2 unspecified atom stereocenters. The van der Waals surface area contributed by atoms with E-state index in [1.807, 2.05) is 12.3 Å². The highest BCUT2D eigenvalue weighted by Crippen LogP contribution is 2.37. The Labute approximate surface area is 126 Å². The van der Waals surface area contributed by atoms with E-state index in [2.05, 4.69) is 23.9 Å². The number of aryl methyl sites for hydroxylation is 1. The molecule has 0 radical (unpaired) electrons. The monoisotopic (exact) mass is 316 g/mol. The normalized spacial score (nSPS) is 22.1. The topological polar surface area (TPSA) is 58.2 Å². The standard InChI is InChI=1S/C14H24N2O2S2/c1-4-5-15-8-13-14(11(3)9-19-13)20(17,18)16-7-12-6-10(12)2/h9-10,12,15-16H,4-8H2,1-3H3. The second kappa shape index (κ2) is 6.56. The van der Waals surface area contributed by atoms with Crippen molar-refractivity contribution in [3.8, 4) is 0 Å². The summed E-state index contributed by atoms with van der Waals surface area (Å²) in [6, 6.07) is 0. The number of hydrogen-bond donors (Lipinski definition) is 2. The Balaban J connectivity index is 2.06. The average Bonchev–Trinajstić information content (AvgIpc) is 2.96. The third-order valence-electron chi connectivity index (χ3n) is 3.78. The summed E-state index contributed by atoms with van der Waals surface area (Å²) in [7, 11) is -3.37. The van der Waals surface area contributed by atoms with Gasteiger partial charge in [0.25, 0.3) is 0 Å². The van der Waals surface area contributed by atoms with Gasteiger partial charge in [-0.05, 0) is 49.1 Å². The second-order valence-electron chi connectivity index (χ2n) is 5.67. The van der Waals surface area contributed by atoms with Gasteiger partial charge in [-0.3, -0.25) is 0 Å². The molecule has 4 nitrogen and oxygen atoms in total. The molecule has 0 amide bonds. The molecule has 0 aromatic carbocycles. The van der Waals surface area contributed by atoms with Crippen molar-refractivity contribution < 1.29 is 8.42 Å². The Kier molecular flexibility index (Phi) is 5.23. The van der Waals surface area contributed by atoms with Gasteiger partial charge < -0.3 is 5.32 Å². The molecule has 1 saturated carbocycles. The summed E-state index contributed by atoms with van der Waals surface area (Å²) in [6.07, 6.45) is 2.18. The van der Waals surface area contributed by atoms with E-state index in [9.17, 15) is 8.42 Å². The van der Waals surface area contributed by atoms with Crippen LogP contribution in [0.5, 0.6) is 0 Å². The predicted octanol–water partition coefficient (Wildman–Crippen LogP) is 2.49. The van der Waals surface area contributed by atoms with E-state index in [4.69, 9.17) is 0 Å². The zero-order valence-corrected chi connectivity index (χ0v) is 14.0. The largest absolute Gasteiger partial charge is 0.312 e. The summed E-state index contributed by atoms with van der Waals surface area (Å²) < 4.78 is 27.7. The SMILES string of the molecule is CCCNCc1scc(C)c1S(=O)(=O)NCC1CC1C. The summed E-state index contributed by atoms with van der Waals surface area (Å²) >= 11 is 1.52. The molecule has 2 atom stereocenters. The molecule has 6 heteroatoms. The van der Waals surface area contributed by atoms with Gasteiger partial charge in [-0.15, -0.1) is 11.3 Å². The fourth-order valence-electron chi connectivity index (χ4n) is 2.32. The van der Waals surface area contributed by atoms with Crippen molar-refractivity contribution in [2.24, 2.45) is 11.8 Å². The van der Waals surface area contributed by atoms with E-state index in [-0.39, 0.29) is 0 Å². The van der Waals surface area contributed by atoms with Crippen molar-refractivity contribution in [3.63, 3.8) is 0 Å². The molecular formula is C14H24N2O2S2. The van der Waals surface area contributed by atoms with Crippen molar-refractivity contribution in [2.75, 3.05) is 13.1 Å². The molecule has 20 heavy (non-hydrogen) atoms. The highest BCUT2D eigenvalue weighted by Gasteiger charge is 2.34. The Morgan fingerprint density at radius 3 is 2.75 bits per heavy atom.